The van der Waals surface area contributed by atoms with E-state index < -0.39 is 0 Å². The summed E-state index contributed by atoms with van der Waals surface area (Å²) >= 11 is 4.57. The number of rotatable bonds is 9. The molecule has 0 aliphatic heterocycles. The third-order valence-corrected chi connectivity index (χ3v) is 6.20. The van der Waals surface area contributed by atoms with Crippen LogP contribution in [0, 0.1) is 0 Å². The van der Waals surface area contributed by atoms with E-state index in [9.17, 15) is 9.59 Å². The second-order valence-electron chi connectivity index (χ2n) is 7.23. The van der Waals surface area contributed by atoms with Crippen molar-refractivity contribution in [2.24, 2.45) is 0 Å². The first-order valence-electron chi connectivity index (χ1n) is 10.5. The lowest BCUT2D eigenvalue weighted by Gasteiger charge is -2.08. The predicted molar refractivity (Wildman–Crippen MR) is 138 cm³/mol. The largest absolute Gasteiger partial charge is 0.497 e. The summed E-state index contributed by atoms with van der Waals surface area (Å²) in [6, 6.07) is 17.9. The minimum Gasteiger partial charge on any atom is -0.497 e. The van der Waals surface area contributed by atoms with Gasteiger partial charge >= 0.3 is 0 Å². The van der Waals surface area contributed by atoms with Gasteiger partial charge in [-0.15, -0.1) is 5.10 Å². The number of methoxy groups -OCH3 is 1. The van der Waals surface area contributed by atoms with Gasteiger partial charge in [0.05, 0.1) is 12.9 Å². The van der Waals surface area contributed by atoms with Crippen molar-refractivity contribution in [2.75, 3.05) is 23.5 Å². The molecule has 0 radical (unpaired) electrons. The standard InChI is InChI=1S/C24H21BrN6O3S/c1-34-20-8-6-19(7-9-20)28-22(33)15-35-24-29-23(16-10-12-26-13-11-16)30-31(24)14-21(32)27-18-4-2-17(25)3-5-18/h2-13H,14-15H2,1H3,(H,27,32)(H,28,33). The SMILES string of the molecule is COc1ccc(NC(=O)CSc2nc(-c3ccncc3)nn2CC(=O)Nc2ccc(Br)cc2)cc1. The van der Waals surface area contributed by atoms with Gasteiger partial charge in [-0.25, -0.2) is 9.67 Å². The summed E-state index contributed by atoms with van der Waals surface area (Å²) in [5.41, 5.74) is 2.08. The van der Waals surface area contributed by atoms with Crippen LogP contribution in [0.1, 0.15) is 0 Å². The Bertz CT molecular complexity index is 1300. The maximum Gasteiger partial charge on any atom is 0.246 e. The number of carbonyl (C=O) groups excluding carboxylic acids is 2. The van der Waals surface area contributed by atoms with Crippen molar-refractivity contribution in [1.29, 1.82) is 0 Å². The van der Waals surface area contributed by atoms with Gasteiger partial charge in [0.2, 0.25) is 11.8 Å². The molecule has 0 aliphatic carbocycles. The van der Waals surface area contributed by atoms with E-state index in [1.54, 1.807) is 68.0 Å². The molecule has 11 heteroatoms. The third kappa shape index (κ3) is 6.90. The maximum absolute atomic E-state index is 12.7. The molecule has 2 aromatic carbocycles. The number of hydrogen-bond acceptors (Lipinski definition) is 7. The van der Waals surface area contributed by atoms with Gasteiger partial charge in [0.15, 0.2) is 11.0 Å². The van der Waals surface area contributed by atoms with Crippen LogP contribution in [0.25, 0.3) is 11.4 Å². The molecule has 178 valence electrons. The highest BCUT2D eigenvalue weighted by Crippen LogP contribution is 2.23. The van der Waals surface area contributed by atoms with E-state index in [1.807, 2.05) is 12.1 Å². The molecule has 0 unspecified atom stereocenters. The van der Waals surface area contributed by atoms with E-state index in [0.29, 0.717) is 28.1 Å². The molecule has 0 fully saturated rings. The summed E-state index contributed by atoms with van der Waals surface area (Å²) in [5, 5.41) is 10.6. The Morgan fingerprint density at radius 1 is 0.943 bits per heavy atom. The van der Waals surface area contributed by atoms with Crippen LogP contribution >= 0.6 is 27.7 Å². The number of aromatic nitrogens is 4. The minimum atomic E-state index is -0.261. The molecule has 0 atom stereocenters. The van der Waals surface area contributed by atoms with Crippen molar-refractivity contribution < 1.29 is 14.3 Å². The van der Waals surface area contributed by atoms with Gasteiger partial charge in [0, 0.05) is 33.8 Å². The number of benzene rings is 2. The van der Waals surface area contributed by atoms with E-state index in [2.05, 4.69) is 41.6 Å². The van der Waals surface area contributed by atoms with E-state index in [1.165, 1.54) is 16.4 Å². The third-order valence-electron chi connectivity index (χ3n) is 4.70. The Labute approximate surface area is 214 Å². The quantitative estimate of drug-likeness (QED) is 0.294. The second kappa shape index (κ2) is 11.6. The average molecular weight is 553 g/mol. The Hall–Kier alpha value is -3.70. The molecule has 0 spiro atoms. The number of anilines is 2. The Morgan fingerprint density at radius 2 is 1.57 bits per heavy atom. The predicted octanol–water partition coefficient (Wildman–Crippen LogP) is 4.48. The van der Waals surface area contributed by atoms with Crippen LogP contribution in [0.3, 0.4) is 0 Å². The zero-order chi connectivity index (χ0) is 24.6. The summed E-state index contributed by atoms with van der Waals surface area (Å²) in [6.07, 6.45) is 3.29. The van der Waals surface area contributed by atoms with Gasteiger partial charge in [-0.05, 0) is 60.7 Å². The number of hydrogen-bond donors (Lipinski definition) is 2. The molecule has 0 saturated heterocycles. The highest BCUT2D eigenvalue weighted by Gasteiger charge is 2.17. The Balaban J connectivity index is 1.46. The van der Waals surface area contributed by atoms with Crippen molar-refractivity contribution in [3.05, 3.63) is 77.5 Å². The Kier molecular flexibility index (Phi) is 8.11. The van der Waals surface area contributed by atoms with E-state index in [4.69, 9.17) is 4.74 Å². The zero-order valence-corrected chi connectivity index (χ0v) is 21.0. The monoisotopic (exact) mass is 552 g/mol. The number of nitrogens with one attached hydrogen (secondary N) is 2. The van der Waals surface area contributed by atoms with Gasteiger partial charge in [-0.2, -0.15) is 0 Å². The van der Waals surface area contributed by atoms with E-state index in [-0.39, 0.29) is 24.1 Å². The smallest absolute Gasteiger partial charge is 0.246 e. The lowest BCUT2D eigenvalue weighted by molar-refractivity contribution is -0.117. The fraction of sp³-hybridized carbons (Fsp3) is 0.125. The van der Waals surface area contributed by atoms with Crippen LogP contribution in [0.15, 0.2) is 82.7 Å². The molecular formula is C24H21BrN6O3S. The molecule has 35 heavy (non-hydrogen) atoms. The number of amides is 2. The van der Waals surface area contributed by atoms with E-state index in [0.717, 1.165) is 10.0 Å². The van der Waals surface area contributed by atoms with Crippen molar-refractivity contribution in [2.45, 2.75) is 11.7 Å². The number of halogens is 1. The lowest BCUT2D eigenvalue weighted by atomic mass is 10.3. The van der Waals surface area contributed by atoms with Gasteiger partial charge < -0.3 is 15.4 Å². The van der Waals surface area contributed by atoms with Crippen LogP contribution < -0.4 is 15.4 Å². The van der Waals surface area contributed by atoms with Gasteiger partial charge in [-0.1, -0.05) is 27.7 Å². The molecule has 4 rings (SSSR count). The molecule has 2 heterocycles. The first-order chi connectivity index (χ1) is 17.0. The van der Waals surface area contributed by atoms with Crippen molar-refractivity contribution in [3.8, 4) is 17.1 Å². The topological polar surface area (TPSA) is 111 Å². The average Bonchev–Trinajstić information content (AvgIpc) is 3.27. The number of thioether (sulfide) groups is 1. The number of nitrogens with zero attached hydrogens (tertiary/aromatic N) is 4. The van der Waals surface area contributed by atoms with Crippen LogP contribution in [-0.2, 0) is 16.1 Å². The van der Waals surface area contributed by atoms with Crippen molar-refractivity contribution in [3.63, 3.8) is 0 Å². The molecule has 4 aromatic rings. The lowest BCUT2D eigenvalue weighted by Crippen LogP contribution is -2.20. The fourth-order valence-corrected chi connectivity index (χ4v) is 4.03. The fourth-order valence-electron chi connectivity index (χ4n) is 3.03. The van der Waals surface area contributed by atoms with Gasteiger partial charge in [0.25, 0.3) is 0 Å². The number of carbonyl (C=O) groups is 2. The van der Waals surface area contributed by atoms with Gasteiger partial charge in [-0.3, -0.25) is 14.6 Å². The zero-order valence-electron chi connectivity index (χ0n) is 18.6. The van der Waals surface area contributed by atoms with Crippen molar-refractivity contribution in [1.82, 2.24) is 19.7 Å². The maximum atomic E-state index is 12.7. The molecule has 0 saturated carbocycles. The van der Waals surface area contributed by atoms with Crippen LogP contribution in [-0.4, -0.2) is 44.4 Å². The van der Waals surface area contributed by atoms with Crippen LogP contribution in [0.4, 0.5) is 11.4 Å². The van der Waals surface area contributed by atoms with E-state index >= 15 is 0 Å². The molecule has 2 aromatic heterocycles. The van der Waals surface area contributed by atoms with Crippen LogP contribution in [0.5, 0.6) is 5.75 Å². The molecule has 2 amide bonds. The second-order valence-corrected chi connectivity index (χ2v) is 9.09. The first kappa shape index (κ1) is 24.4. The summed E-state index contributed by atoms with van der Waals surface area (Å²) in [6.45, 7) is -0.0589. The highest BCUT2D eigenvalue weighted by molar-refractivity contribution is 9.10. The summed E-state index contributed by atoms with van der Waals surface area (Å²) < 4.78 is 7.54. The molecular weight excluding hydrogens is 532 g/mol. The summed E-state index contributed by atoms with van der Waals surface area (Å²) in [7, 11) is 1.58. The normalized spacial score (nSPS) is 10.6. The first-order valence-corrected chi connectivity index (χ1v) is 12.3. The van der Waals surface area contributed by atoms with Crippen LogP contribution in [0.2, 0.25) is 0 Å². The summed E-state index contributed by atoms with van der Waals surface area (Å²) in [4.78, 5) is 33.8. The Morgan fingerprint density at radius 3 is 2.23 bits per heavy atom. The minimum absolute atomic E-state index is 0.0589. The molecule has 0 bridgehead atoms. The number of pyridine rings is 1. The van der Waals surface area contributed by atoms with Crippen molar-refractivity contribution >= 4 is 50.9 Å². The summed E-state index contributed by atoms with van der Waals surface area (Å²) in [5.74, 6) is 0.773. The molecule has 0 aliphatic rings. The molecule has 9 nitrogen and oxygen atoms in total. The molecule has 2 N–H and O–H groups in total. The highest BCUT2D eigenvalue weighted by atomic mass is 79.9. The number of ether oxygens (including phenoxy) is 1. The van der Waals surface area contributed by atoms with Gasteiger partial charge in [0.1, 0.15) is 12.3 Å².